The predicted octanol–water partition coefficient (Wildman–Crippen LogP) is 1.16. The molecule has 0 bridgehead atoms. The minimum Gasteiger partial charge on any atom is -0.353 e. The number of barbiturate groups is 1. The van der Waals surface area contributed by atoms with E-state index in [0.29, 0.717) is 0 Å². The number of nitrogens with zero attached hydrogens (tertiary/aromatic N) is 2. The summed E-state index contributed by atoms with van der Waals surface area (Å²) in [6.45, 7) is 0. The van der Waals surface area contributed by atoms with Crippen molar-refractivity contribution < 1.29 is 20.1 Å². The summed E-state index contributed by atoms with van der Waals surface area (Å²) in [6.07, 6.45) is 5.40. The topological polar surface area (TPSA) is 106 Å². The highest BCUT2D eigenvalue weighted by molar-refractivity contribution is 6.38. The van der Waals surface area contributed by atoms with E-state index in [4.69, 9.17) is 11.6 Å². The van der Waals surface area contributed by atoms with E-state index >= 15 is 0 Å². The van der Waals surface area contributed by atoms with Crippen LogP contribution in [-0.4, -0.2) is 36.1 Å². The molecule has 2 fully saturated rings. The molecule has 4 N–H and O–H groups in total. The maximum Gasteiger partial charge on any atom is 0.335 e. The normalized spacial score (nSPS) is 27.7. The molecule has 0 aromatic heterocycles. The lowest BCUT2D eigenvalue weighted by Crippen LogP contribution is -2.66. The molecule has 1 aliphatic heterocycles. The summed E-state index contributed by atoms with van der Waals surface area (Å²) in [4.78, 5) is 42.3. The van der Waals surface area contributed by atoms with Crippen LogP contribution >= 0.6 is 11.6 Å². The van der Waals surface area contributed by atoms with E-state index < -0.39 is 23.8 Å². The molecule has 1 aromatic rings. The summed E-state index contributed by atoms with van der Waals surface area (Å²) < 4.78 is 0. The molecule has 1 aromatic carbocycles. The number of para-hydroxylation sites is 1. The van der Waals surface area contributed by atoms with E-state index in [1.807, 2.05) is 0 Å². The fourth-order valence-corrected chi connectivity index (χ4v) is 3.38. The van der Waals surface area contributed by atoms with Gasteiger partial charge in [-0.25, -0.2) is 9.69 Å². The molecule has 1 aliphatic carbocycles. The van der Waals surface area contributed by atoms with Crippen LogP contribution in [0.2, 0.25) is 5.02 Å². The number of amides is 4. The molecule has 1 saturated carbocycles. The summed E-state index contributed by atoms with van der Waals surface area (Å²) in [7, 11) is 0. The molecule has 4 amide bonds. The number of urea groups is 1. The largest absolute Gasteiger partial charge is 0.353 e. The minimum atomic E-state index is -1.15. The maximum atomic E-state index is 12.7. The van der Waals surface area contributed by atoms with Crippen molar-refractivity contribution in [1.82, 2.24) is 5.32 Å². The van der Waals surface area contributed by atoms with Gasteiger partial charge in [-0.3, -0.25) is 19.9 Å². The number of carbonyl (C=O) groups excluding carboxylic acids is 3. The Morgan fingerprint density at radius 2 is 1.92 bits per heavy atom. The number of carbonyl (C=O) groups is 3. The smallest absolute Gasteiger partial charge is 0.335 e. The zero-order valence-electron chi connectivity index (χ0n) is 13.7. The Labute approximate surface area is 150 Å². The Kier molecular flexibility index (Phi) is 5.15. The number of imide groups is 2. The lowest BCUT2D eigenvalue weighted by molar-refractivity contribution is -0.428. The van der Waals surface area contributed by atoms with E-state index in [9.17, 15) is 14.4 Å². The van der Waals surface area contributed by atoms with E-state index in [0.717, 1.165) is 30.6 Å². The number of aliphatic imine (C=N–C) groups is 1. The van der Waals surface area contributed by atoms with E-state index in [2.05, 4.69) is 16.0 Å². The second-order valence-electron chi connectivity index (χ2n) is 6.31. The molecule has 3 rings (SSSR count). The molecule has 25 heavy (non-hydrogen) atoms. The van der Waals surface area contributed by atoms with Crippen LogP contribution in [-0.2, 0) is 9.59 Å². The Morgan fingerprint density at radius 1 is 1.20 bits per heavy atom. The molecule has 1 heterocycles. The van der Waals surface area contributed by atoms with Crippen molar-refractivity contribution in [3.63, 3.8) is 0 Å². The maximum absolute atomic E-state index is 12.7. The Balaban J connectivity index is 1.84. The van der Waals surface area contributed by atoms with Crippen molar-refractivity contribution in [2.24, 2.45) is 10.9 Å². The van der Waals surface area contributed by atoms with E-state index in [1.165, 1.54) is 6.21 Å². The van der Waals surface area contributed by atoms with Crippen molar-refractivity contribution in [2.75, 3.05) is 4.90 Å². The van der Waals surface area contributed by atoms with Crippen LogP contribution in [0.15, 0.2) is 29.3 Å². The Bertz CT molecular complexity index is 736. The van der Waals surface area contributed by atoms with Gasteiger partial charge in [-0.15, -0.1) is 0 Å². The average Bonchev–Trinajstić information content (AvgIpc) is 2.57. The van der Waals surface area contributed by atoms with Crippen LogP contribution < -0.4 is 16.0 Å². The van der Waals surface area contributed by atoms with Crippen molar-refractivity contribution in [3.8, 4) is 0 Å². The van der Waals surface area contributed by atoms with Gasteiger partial charge in [0.15, 0.2) is 5.92 Å². The molecular formula is C17H20ClN4O3+. The number of hydrogen-bond acceptors (Lipinski definition) is 4. The summed E-state index contributed by atoms with van der Waals surface area (Å²) in [6, 6.07) is 5.86. The van der Waals surface area contributed by atoms with E-state index in [1.54, 1.807) is 24.3 Å². The predicted molar refractivity (Wildman–Crippen MR) is 93.4 cm³/mol. The Morgan fingerprint density at radius 3 is 2.64 bits per heavy atom. The third-order valence-corrected chi connectivity index (χ3v) is 4.91. The van der Waals surface area contributed by atoms with Gasteiger partial charge in [-0.05, 0) is 25.0 Å². The van der Waals surface area contributed by atoms with Crippen molar-refractivity contribution >= 4 is 41.3 Å². The number of rotatable bonds is 3. The number of halogens is 1. The molecule has 8 heteroatoms. The molecule has 0 spiro atoms. The zero-order valence-corrected chi connectivity index (χ0v) is 14.4. The molecule has 0 radical (unpaired) electrons. The quantitative estimate of drug-likeness (QED) is 0.621. The third kappa shape index (κ3) is 3.57. The number of hydrogen-bond donors (Lipinski definition) is 2. The first-order valence-electron chi connectivity index (χ1n) is 8.28. The first kappa shape index (κ1) is 17.6. The molecule has 2 aliphatic rings. The van der Waals surface area contributed by atoms with Gasteiger partial charge in [0.05, 0.1) is 10.7 Å². The minimum absolute atomic E-state index is 0.000686. The van der Waals surface area contributed by atoms with Crippen LogP contribution in [0.1, 0.15) is 25.7 Å². The number of quaternary nitrogens is 1. The molecule has 0 unspecified atom stereocenters. The van der Waals surface area contributed by atoms with E-state index in [-0.39, 0.29) is 22.8 Å². The lowest BCUT2D eigenvalue weighted by atomic mass is 9.91. The van der Waals surface area contributed by atoms with Crippen LogP contribution in [0.25, 0.3) is 0 Å². The second-order valence-corrected chi connectivity index (χ2v) is 6.71. The van der Waals surface area contributed by atoms with Crippen molar-refractivity contribution in [3.05, 3.63) is 29.3 Å². The van der Waals surface area contributed by atoms with Gasteiger partial charge >= 0.3 is 6.03 Å². The van der Waals surface area contributed by atoms with Gasteiger partial charge in [0.2, 0.25) is 5.91 Å². The number of anilines is 1. The molecule has 1 saturated heterocycles. The second kappa shape index (κ2) is 7.33. The fraction of sp³-hybridized carbons (Fsp3) is 0.412. The first-order chi connectivity index (χ1) is 12.0. The summed E-state index contributed by atoms with van der Waals surface area (Å²) in [5, 5.41) is 2.45. The monoisotopic (exact) mass is 363 g/mol. The number of benzene rings is 1. The van der Waals surface area contributed by atoms with Gasteiger partial charge in [-0.1, -0.05) is 30.2 Å². The molecular weight excluding hydrogens is 344 g/mol. The molecule has 132 valence electrons. The van der Waals surface area contributed by atoms with Crippen LogP contribution in [0.4, 0.5) is 10.5 Å². The molecule has 7 nitrogen and oxygen atoms in total. The fourth-order valence-electron chi connectivity index (χ4n) is 3.16. The van der Waals surface area contributed by atoms with Crippen LogP contribution in [0.5, 0.6) is 0 Å². The highest BCUT2D eigenvalue weighted by atomic mass is 35.5. The summed E-state index contributed by atoms with van der Waals surface area (Å²) in [5.74, 6) is -2.47. The highest BCUT2D eigenvalue weighted by Gasteiger charge is 2.41. The average molecular weight is 364 g/mol. The van der Waals surface area contributed by atoms with Crippen LogP contribution in [0.3, 0.4) is 0 Å². The Hall–Kier alpha value is -2.25. The lowest BCUT2D eigenvalue weighted by Gasteiger charge is -2.29. The standard InChI is InChI=1S/C17H19ClN4O3/c18-11-5-1-4-8-14(11)22-16(24)10(15(23)21-17(22)25)9-20-13-7-3-2-6-12(13)19/h1,4-5,8-10,12-13H,2-3,6-7,19H2,(H,21,23,25)/p+1/t10-,12+,13-/m0/s1. The highest BCUT2D eigenvalue weighted by Crippen LogP contribution is 2.28. The van der Waals surface area contributed by atoms with Gasteiger partial charge < -0.3 is 5.73 Å². The van der Waals surface area contributed by atoms with Crippen LogP contribution in [0, 0.1) is 5.92 Å². The van der Waals surface area contributed by atoms with Gasteiger partial charge in [-0.2, -0.15) is 0 Å². The summed E-state index contributed by atoms with van der Waals surface area (Å²) >= 11 is 6.09. The first-order valence-corrected chi connectivity index (χ1v) is 8.66. The zero-order chi connectivity index (χ0) is 18.0. The third-order valence-electron chi connectivity index (χ3n) is 4.59. The molecule has 3 atom stereocenters. The van der Waals surface area contributed by atoms with Gasteiger partial charge in [0, 0.05) is 12.6 Å². The van der Waals surface area contributed by atoms with Crippen molar-refractivity contribution in [2.45, 2.75) is 37.8 Å². The van der Waals surface area contributed by atoms with Gasteiger partial charge in [0.1, 0.15) is 12.1 Å². The SMILES string of the molecule is [NH3+][C@@H]1CCCC[C@@H]1N=C[C@H]1C(=O)NC(=O)N(c2ccccc2Cl)C1=O. The summed E-state index contributed by atoms with van der Waals surface area (Å²) in [5.41, 5.74) is 4.33. The number of nitrogens with one attached hydrogen (secondary N) is 1. The van der Waals surface area contributed by atoms with Gasteiger partial charge in [0.25, 0.3) is 5.91 Å². The van der Waals surface area contributed by atoms with Crippen molar-refractivity contribution in [1.29, 1.82) is 0 Å².